The molecule has 0 aliphatic carbocycles. The SMILES string of the molecule is COc1cc(CC(NC(=O)C(C)NC(=O)CN2CCOCC2)C(=O)NC(Cc2ccccc2)C(=O)C2(C)CO2)ccc1O. The number of nitrogens with zero attached hydrogens (tertiary/aromatic N) is 1. The van der Waals surface area contributed by atoms with E-state index >= 15 is 0 Å². The van der Waals surface area contributed by atoms with Crippen molar-refractivity contribution in [3.05, 3.63) is 59.7 Å². The molecule has 0 aromatic heterocycles. The highest BCUT2D eigenvalue weighted by Gasteiger charge is 2.50. The van der Waals surface area contributed by atoms with Gasteiger partial charge in [0.2, 0.25) is 17.7 Å². The fraction of sp³-hybridized carbons (Fsp3) is 0.484. The Morgan fingerprint density at radius 2 is 1.60 bits per heavy atom. The van der Waals surface area contributed by atoms with Crippen molar-refractivity contribution in [2.75, 3.05) is 46.6 Å². The molecule has 2 aromatic carbocycles. The van der Waals surface area contributed by atoms with Crippen LogP contribution in [0.5, 0.6) is 11.5 Å². The molecule has 4 unspecified atom stereocenters. The first-order chi connectivity index (χ1) is 20.6. The molecular weight excluding hydrogens is 556 g/mol. The lowest BCUT2D eigenvalue weighted by Crippen LogP contribution is -2.57. The number of rotatable bonds is 14. The van der Waals surface area contributed by atoms with Crippen LogP contribution in [0.15, 0.2) is 48.5 Å². The Hall–Kier alpha value is -4.00. The van der Waals surface area contributed by atoms with Crippen LogP contribution < -0.4 is 20.7 Å². The normalized spacial score (nSPS) is 20.3. The standard InChI is InChI=1S/C31H40N4O8/c1-20(32-27(37)18-35-11-13-42-14-12-35)29(39)34-24(16-22-9-10-25(36)26(17-22)41-3)30(40)33-23(28(38)31(2)19-43-31)15-21-7-5-4-6-8-21/h4-10,17,20,23-24,36H,11-16,18-19H2,1-3H3,(H,32,37)(H,33,40)(H,34,39). The van der Waals surface area contributed by atoms with Crippen molar-refractivity contribution in [1.82, 2.24) is 20.9 Å². The number of ether oxygens (including phenoxy) is 3. The molecule has 2 saturated heterocycles. The second kappa shape index (κ2) is 14.5. The highest BCUT2D eigenvalue weighted by Crippen LogP contribution is 2.29. The van der Waals surface area contributed by atoms with Crippen molar-refractivity contribution in [3.63, 3.8) is 0 Å². The van der Waals surface area contributed by atoms with Gasteiger partial charge >= 0.3 is 0 Å². The molecule has 12 heteroatoms. The van der Waals surface area contributed by atoms with E-state index in [1.165, 1.54) is 20.1 Å². The first-order valence-corrected chi connectivity index (χ1v) is 14.4. The Kier molecular flexibility index (Phi) is 10.7. The number of nitrogens with one attached hydrogen (secondary N) is 3. The number of ketones is 1. The van der Waals surface area contributed by atoms with Crippen LogP contribution in [0.4, 0.5) is 0 Å². The number of phenols is 1. The number of morpholine rings is 1. The number of methoxy groups -OCH3 is 1. The van der Waals surface area contributed by atoms with Crippen molar-refractivity contribution < 1.29 is 38.5 Å². The van der Waals surface area contributed by atoms with E-state index in [9.17, 15) is 24.3 Å². The predicted molar refractivity (Wildman–Crippen MR) is 157 cm³/mol. The van der Waals surface area contributed by atoms with Crippen LogP contribution in [0.3, 0.4) is 0 Å². The number of Topliss-reactive ketones (excluding diaryl/α,β-unsaturated/α-hetero) is 1. The van der Waals surface area contributed by atoms with E-state index < -0.39 is 35.5 Å². The Balaban J connectivity index is 1.49. The minimum atomic E-state index is -1.11. The summed E-state index contributed by atoms with van der Waals surface area (Å²) in [6.45, 7) is 5.95. The summed E-state index contributed by atoms with van der Waals surface area (Å²) in [5, 5.41) is 18.3. The summed E-state index contributed by atoms with van der Waals surface area (Å²) in [6, 6.07) is 11.0. The molecule has 3 amide bonds. The van der Waals surface area contributed by atoms with Gasteiger partial charge < -0.3 is 35.3 Å². The van der Waals surface area contributed by atoms with E-state index in [2.05, 4.69) is 16.0 Å². The van der Waals surface area contributed by atoms with Gasteiger partial charge in [-0.3, -0.25) is 24.1 Å². The number of benzene rings is 2. The Labute approximate surface area is 251 Å². The molecule has 0 bridgehead atoms. The van der Waals surface area contributed by atoms with Gasteiger partial charge in [-0.1, -0.05) is 36.4 Å². The molecule has 12 nitrogen and oxygen atoms in total. The zero-order chi connectivity index (χ0) is 31.0. The summed E-state index contributed by atoms with van der Waals surface area (Å²) in [6.07, 6.45) is 0.273. The van der Waals surface area contributed by atoms with Gasteiger partial charge in [0.25, 0.3) is 0 Å². The van der Waals surface area contributed by atoms with Gasteiger partial charge in [0.05, 0.1) is 39.5 Å². The fourth-order valence-corrected chi connectivity index (χ4v) is 4.86. The molecule has 4 atom stereocenters. The van der Waals surface area contributed by atoms with Crippen LogP contribution in [0.25, 0.3) is 0 Å². The van der Waals surface area contributed by atoms with Crippen molar-refractivity contribution in [2.45, 2.75) is 50.4 Å². The molecule has 0 saturated carbocycles. The molecule has 43 heavy (non-hydrogen) atoms. The van der Waals surface area contributed by atoms with Crippen LogP contribution in [0.1, 0.15) is 25.0 Å². The molecule has 2 fully saturated rings. The summed E-state index contributed by atoms with van der Waals surface area (Å²) in [4.78, 5) is 54.9. The Bertz CT molecular complexity index is 1290. The first-order valence-electron chi connectivity index (χ1n) is 14.4. The largest absolute Gasteiger partial charge is 0.504 e. The monoisotopic (exact) mass is 596 g/mol. The molecule has 232 valence electrons. The molecule has 2 heterocycles. The van der Waals surface area contributed by atoms with Gasteiger partial charge in [-0.05, 0) is 43.5 Å². The number of hydrogen-bond donors (Lipinski definition) is 4. The van der Waals surface area contributed by atoms with E-state index in [0.29, 0.717) is 31.9 Å². The minimum absolute atomic E-state index is 0.0304. The molecule has 0 radical (unpaired) electrons. The number of carbonyl (C=O) groups is 4. The number of epoxide rings is 1. The summed E-state index contributed by atoms with van der Waals surface area (Å²) >= 11 is 0. The number of hydrogen-bond acceptors (Lipinski definition) is 9. The number of carbonyl (C=O) groups excluding carboxylic acids is 4. The lowest BCUT2D eigenvalue weighted by molar-refractivity contribution is -0.134. The van der Waals surface area contributed by atoms with Gasteiger partial charge in [0.15, 0.2) is 17.3 Å². The quantitative estimate of drug-likeness (QED) is 0.226. The van der Waals surface area contributed by atoms with E-state index in [1.54, 1.807) is 19.1 Å². The maximum atomic E-state index is 13.8. The third-order valence-corrected chi connectivity index (χ3v) is 7.57. The summed E-state index contributed by atoms with van der Waals surface area (Å²) < 4.78 is 15.9. The van der Waals surface area contributed by atoms with Crippen molar-refractivity contribution in [3.8, 4) is 11.5 Å². The zero-order valence-electron chi connectivity index (χ0n) is 24.8. The number of phenolic OH excluding ortho intramolecular Hbond substituents is 1. The molecule has 4 rings (SSSR count). The smallest absolute Gasteiger partial charge is 0.243 e. The molecule has 4 N–H and O–H groups in total. The number of aromatic hydroxyl groups is 1. The van der Waals surface area contributed by atoms with Crippen LogP contribution in [0.2, 0.25) is 0 Å². The minimum Gasteiger partial charge on any atom is -0.504 e. The van der Waals surface area contributed by atoms with Gasteiger partial charge in [0.1, 0.15) is 17.7 Å². The third-order valence-electron chi connectivity index (χ3n) is 7.57. The number of amides is 3. The molecule has 0 spiro atoms. The highest BCUT2D eigenvalue weighted by atomic mass is 16.6. The zero-order valence-corrected chi connectivity index (χ0v) is 24.8. The molecular formula is C31H40N4O8. The van der Waals surface area contributed by atoms with Gasteiger partial charge in [-0.25, -0.2) is 0 Å². The third kappa shape index (κ3) is 8.99. The topological polar surface area (TPSA) is 159 Å². The van der Waals surface area contributed by atoms with Crippen molar-refractivity contribution in [2.24, 2.45) is 0 Å². The van der Waals surface area contributed by atoms with Crippen molar-refractivity contribution in [1.29, 1.82) is 0 Å². The molecule has 2 aromatic rings. The average molecular weight is 597 g/mol. The van der Waals surface area contributed by atoms with E-state index in [4.69, 9.17) is 14.2 Å². The predicted octanol–water partition coefficient (Wildman–Crippen LogP) is 0.351. The summed E-state index contributed by atoms with van der Waals surface area (Å²) in [5.74, 6) is -1.58. The van der Waals surface area contributed by atoms with Crippen LogP contribution >= 0.6 is 0 Å². The average Bonchev–Trinajstić information content (AvgIpc) is 3.76. The maximum Gasteiger partial charge on any atom is 0.243 e. The lowest BCUT2D eigenvalue weighted by Gasteiger charge is -2.27. The molecule has 2 aliphatic rings. The Morgan fingerprint density at radius 3 is 2.26 bits per heavy atom. The van der Waals surface area contributed by atoms with Gasteiger partial charge in [-0.2, -0.15) is 0 Å². The van der Waals surface area contributed by atoms with Crippen LogP contribution in [-0.4, -0.2) is 104 Å². The van der Waals surface area contributed by atoms with Crippen LogP contribution in [0, 0.1) is 0 Å². The van der Waals surface area contributed by atoms with E-state index in [1.807, 2.05) is 35.2 Å². The van der Waals surface area contributed by atoms with E-state index in [0.717, 1.165) is 5.56 Å². The summed E-state index contributed by atoms with van der Waals surface area (Å²) in [7, 11) is 1.41. The van der Waals surface area contributed by atoms with Gasteiger partial charge in [0, 0.05) is 19.5 Å². The fourth-order valence-electron chi connectivity index (χ4n) is 4.86. The summed E-state index contributed by atoms with van der Waals surface area (Å²) in [5.41, 5.74) is 0.475. The molecule has 2 aliphatic heterocycles. The van der Waals surface area contributed by atoms with Crippen LogP contribution in [-0.2, 0) is 41.5 Å². The Morgan fingerprint density at radius 1 is 0.953 bits per heavy atom. The second-order valence-corrected chi connectivity index (χ2v) is 11.1. The van der Waals surface area contributed by atoms with Gasteiger partial charge in [-0.15, -0.1) is 0 Å². The first kappa shape index (κ1) is 31.9. The second-order valence-electron chi connectivity index (χ2n) is 11.1. The van der Waals surface area contributed by atoms with E-state index in [-0.39, 0.29) is 49.2 Å². The maximum absolute atomic E-state index is 13.8. The highest BCUT2D eigenvalue weighted by molar-refractivity contribution is 5.98. The lowest BCUT2D eigenvalue weighted by atomic mass is 9.94. The van der Waals surface area contributed by atoms with Crippen molar-refractivity contribution >= 4 is 23.5 Å².